The zero-order chi connectivity index (χ0) is 28.1. The standard InChI is InChI=1S/C32H32N6OS/c1-20(2)27-13-12-26-30(37-27)35-19-36-31(26)38-28-18-23(7-14-29(28)40-25-10-8-24(33)9-11-25)32(39)34-16-15-22-6-4-5-21(3)17-22/h4-14,17-20H,15-16,33H2,1-3H3,(H,34,39)(H,35,36,37,38). The van der Waals surface area contributed by atoms with Gasteiger partial charge in [0.1, 0.15) is 12.1 Å². The fourth-order valence-corrected chi connectivity index (χ4v) is 5.20. The summed E-state index contributed by atoms with van der Waals surface area (Å²) in [7, 11) is 0. The van der Waals surface area contributed by atoms with Crippen molar-refractivity contribution >= 4 is 45.9 Å². The number of rotatable bonds is 9. The highest BCUT2D eigenvalue weighted by Gasteiger charge is 2.14. The van der Waals surface area contributed by atoms with Crippen molar-refractivity contribution in [2.45, 2.75) is 42.9 Å². The molecular weight excluding hydrogens is 516 g/mol. The monoisotopic (exact) mass is 548 g/mol. The Balaban J connectivity index is 1.42. The lowest BCUT2D eigenvalue weighted by Gasteiger charge is -2.15. The Bertz CT molecular complexity index is 1650. The molecule has 5 aromatic rings. The fourth-order valence-electron chi connectivity index (χ4n) is 4.32. The van der Waals surface area contributed by atoms with E-state index < -0.39 is 0 Å². The smallest absolute Gasteiger partial charge is 0.251 e. The number of nitrogen functional groups attached to an aromatic ring is 1. The molecule has 0 aliphatic heterocycles. The molecule has 40 heavy (non-hydrogen) atoms. The summed E-state index contributed by atoms with van der Waals surface area (Å²) in [5.74, 6) is 0.791. The van der Waals surface area contributed by atoms with Gasteiger partial charge in [-0.15, -0.1) is 0 Å². The molecule has 1 amide bonds. The van der Waals surface area contributed by atoms with E-state index in [4.69, 9.17) is 10.7 Å². The second-order valence-corrected chi connectivity index (χ2v) is 11.1. The fraction of sp³-hybridized carbons (Fsp3) is 0.188. The molecule has 0 atom stereocenters. The van der Waals surface area contributed by atoms with Crippen LogP contribution in [0.3, 0.4) is 0 Å². The highest BCUT2D eigenvalue weighted by atomic mass is 32.2. The van der Waals surface area contributed by atoms with Crippen molar-refractivity contribution in [2.24, 2.45) is 0 Å². The van der Waals surface area contributed by atoms with Crippen molar-refractivity contribution in [1.82, 2.24) is 20.3 Å². The third kappa shape index (κ3) is 6.58. The Morgan fingerprint density at radius 2 is 1.80 bits per heavy atom. The van der Waals surface area contributed by atoms with Gasteiger partial charge < -0.3 is 16.4 Å². The maximum atomic E-state index is 13.1. The lowest BCUT2D eigenvalue weighted by atomic mass is 10.1. The molecule has 0 bridgehead atoms. The van der Waals surface area contributed by atoms with Crippen molar-refractivity contribution in [3.8, 4) is 0 Å². The number of hydrogen-bond donors (Lipinski definition) is 3. The van der Waals surface area contributed by atoms with Gasteiger partial charge >= 0.3 is 0 Å². The molecule has 0 radical (unpaired) electrons. The molecule has 4 N–H and O–H groups in total. The average molecular weight is 549 g/mol. The van der Waals surface area contributed by atoms with Crippen LogP contribution in [0, 0.1) is 6.92 Å². The third-order valence-electron chi connectivity index (χ3n) is 6.49. The largest absolute Gasteiger partial charge is 0.399 e. The minimum atomic E-state index is -0.129. The molecule has 0 spiro atoms. The van der Waals surface area contributed by atoms with Crippen molar-refractivity contribution in [2.75, 3.05) is 17.6 Å². The van der Waals surface area contributed by atoms with Crippen molar-refractivity contribution in [1.29, 1.82) is 0 Å². The number of carbonyl (C=O) groups excluding carboxylic acids is 1. The number of aromatic nitrogens is 3. The molecular formula is C32H32N6OS. The van der Waals surface area contributed by atoms with Gasteiger partial charge in [0.15, 0.2) is 5.65 Å². The first-order chi connectivity index (χ1) is 19.4. The van der Waals surface area contributed by atoms with Gasteiger partial charge in [-0.3, -0.25) is 4.79 Å². The van der Waals surface area contributed by atoms with Crippen LogP contribution in [0.4, 0.5) is 17.2 Å². The van der Waals surface area contributed by atoms with Crippen LogP contribution in [0.15, 0.2) is 95.0 Å². The molecule has 3 aromatic carbocycles. The Morgan fingerprint density at radius 1 is 0.975 bits per heavy atom. The van der Waals surface area contributed by atoms with Crippen LogP contribution >= 0.6 is 11.8 Å². The number of fused-ring (bicyclic) bond motifs is 1. The summed E-state index contributed by atoms with van der Waals surface area (Å²) in [5.41, 5.74) is 11.9. The number of carbonyl (C=O) groups is 1. The first-order valence-corrected chi connectivity index (χ1v) is 14.1. The quantitative estimate of drug-likeness (QED) is 0.172. The molecule has 5 rings (SSSR count). The van der Waals surface area contributed by atoms with E-state index in [1.165, 1.54) is 17.5 Å². The number of hydrogen-bond acceptors (Lipinski definition) is 7. The molecule has 0 unspecified atom stereocenters. The summed E-state index contributed by atoms with van der Waals surface area (Å²) in [6.07, 6.45) is 2.28. The maximum Gasteiger partial charge on any atom is 0.251 e. The van der Waals surface area contributed by atoms with Crippen LogP contribution in [0.2, 0.25) is 0 Å². The predicted molar refractivity (Wildman–Crippen MR) is 163 cm³/mol. The molecule has 202 valence electrons. The summed E-state index contributed by atoms with van der Waals surface area (Å²) in [4.78, 5) is 28.7. The van der Waals surface area contributed by atoms with E-state index in [0.29, 0.717) is 35.2 Å². The highest BCUT2D eigenvalue weighted by Crippen LogP contribution is 2.36. The minimum Gasteiger partial charge on any atom is -0.399 e. The van der Waals surface area contributed by atoms with Gasteiger partial charge in [-0.1, -0.05) is 55.4 Å². The summed E-state index contributed by atoms with van der Waals surface area (Å²) in [5, 5.41) is 7.33. The van der Waals surface area contributed by atoms with E-state index in [0.717, 1.165) is 33.0 Å². The number of amides is 1. The number of aryl methyl sites for hydroxylation is 1. The van der Waals surface area contributed by atoms with E-state index >= 15 is 0 Å². The second kappa shape index (κ2) is 12.2. The van der Waals surface area contributed by atoms with Crippen molar-refractivity contribution in [3.63, 3.8) is 0 Å². The Morgan fingerprint density at radius 3 is 2.58 bits per heavy atom. The van der Waals surface area contributed by atoms with Gasteiger partial charge in [-0.05, 0) is 79.4 Å². The molecule has 7 nitrogen and oxygen atoms in total. The SMILES string of the molecule is Cc1cccc(CCNC(=O)c2ccc(Sc3ccc(N)cc3)c(Nc3ncnc4nc(C(C)C)ccc34)c2)c1. The number of pyridine rings is 1. The second-order valence-electron chi connectivity index (χ2n) is 9.99. The van der Waals surface area contributed by atoms with E-state index in [1.54, 1.807) is 11.8 Å². The van der Waals surface area contributed by atoms with Gasteiger partial charge in [-0.25, -0.2) is 15.0 Å². The van der Waals surface area contributed by atoms with E-state index in [1.807, 2.05) is 60.7 Å². The first kappa shape index (κ1) is 27.1. The number of nitrogens with one attached hydrogen (secondary N) is 2. The Hall–Kier alpha value is -4.43. The van der Waals surface area contributed by atoms with Gasteiger partial charge in [0, 0.05) is 33.3 Å². The first-order valence-electron chi connectivity index (χ1n) is 13.3. The topological polar surface area (TPSA) is 106 Å². The maximum absolute atomic E-state index is 13.1. The molecule has 0 aliphatic carbocycles. The molecule has 0 saturated heterocycles. The van der Waals surface area contributed by atoms with E-state index in [-0.39, 0.29) is 5.91 Å². The molecule has 8 heteroatoms. The lowest BCUT2D eigenvalue weighted by molar-refractivity contribution is 0.0954. The summed E-state index contributed by atoms with van der Waals surface area (Å²) < 4.78 is 0. The van der Waals surface area contributed by atoms with E-state index in [9.17, 15) is 4.79 Å². The highest BCUT2D eigenvalue weighted by molar-refractivity contribution is 7.99. The molecule has 0 fully saturated rings. The Labute approximate surface area is 238 Å². The van der Waals surface area contributed by atoms with Gasteiger partial charge in [0.25, 0.3) is 5.91 Å². The molecule has 0 aliphatic rings. The lowest BCUT2D eigenvalue weighted by Crippen LogP contribution is -2.25. The van der Waals surface area contributed by atoms with Gasteiger partial charge in [-0.2, -0.15) is 0 Å². The minimum absolute atomic E-state index is 0.129. The van der Waals surface area contributed by atoms with Crippen LogP contribution in [0.5, 0.6) is 0 Å². The van der Waals surface area contributed by atoms with Gasteiger partial charge in [0.05, 0.1) is 11.1 Å². The average Bonchev–Trinajstić information content (AvgIpc) is 2.95. The third-order valence-corrected chi connectivity index (χ3v) is 7.58. The van der Waals surface area contributed by atoms with Crippen LogP contribution in [0.25, 0.3) is 11.0 Å². The predicted octanol–water partition coefficient (Wildman–Crippen LogP) is 6.91. The van der Waals surface area contributed by atoms with Crippen molar-refractivity contribution < 1.29 is 4.79 Å². The zero-order valence-corrected chi connectivity index (χ0v) is 23.6. The number of anilines is 3. The normalized spacial score (nSPS) is 11.1. The van der Waals surface area contributed by atoms with Crippen LogP contribution in [-0.4, -0.2) is 27.4 Å². The number of benzene rings is 3. The van der Waals surface area contributed by atoms with Crippen LogP contribution < -0.4 is 16.4 Å². The summed E-state index contributed by atoms with van der Waals surface area (Å²) >= 11 is 1.58. The number of nitrogens with two attached hydrogens (primary N) is 1. The van der Waals surface area contributed by atoms with Gasteiger partial charge in [0.2, 0.25) is 0 Å². The number of nitrogens with zero attached hydrogens (tertiary/aromatic N) is 3. The van der Waals surface area contributed by atoms with Crippen molar-refractivity contribution in [3.05, 3.63) is 108 Å². The Kier molecular flexibility index (Phi) is 8.26. The summed E-state index contributed by atoms with van der Waals surface area (Å²) in [6, 6.07) is 25.7. The molecule has 2 aromatic heterocycles. The van der Waals surface area contributed by atoms with Crippen LogP contribution in [0.1, 0.15) is 46.9 Å². The zero-order valence-electron chi connectivity index (χ0n) is 22.8. The van der Waals surface area contributed by atoms with E-state index in [2.05, 4.69) is 59.6 Å². The molecule has 0 saturated carbocycles. The van der Waals surface area contributed by atoms with Crippen LogP contribution in [-0.2, 0) is 6.42 Å². The summed E-state index contributed by atoms with van der Waals surface area (Å²) in [6.45, 7) is 6.83. The molecule has 2 heterocycles.